The Balaban J connectivity index is 3.97. The van der Waals surface area contributed by atoms with Crippen LogP contribution in [-0.4, -0.2) is 24.1 Å². The number of carbonyl (C=O) groups excluding carboxylic acids is 2. The van der Waals surface area contributed by atoms with Gasteiger partial charge in [-0.1, -0.05) is 12.7 Å². The predicted octanol–water partition coefficient (Wildman–Crippen LogP) is 1.45. The van der Waals surface area contributed by atoms with Gasteiger partial charge in [0.25, 0.3) is 0 Å². The minimum Gasteiger partial charge on any atom is -0.463 e. The first kappa shape index (κ1) is 12.7. The van der Waals surface area contributed by atoms with Gasteiger partial charge in [-0.15, -0.1) is 0 Å². The zero-order valence-corrected chi connectivity index (χ0v) is 8.78. The Morgan fingerprint density at radius 3 is 2.14 bits per heavy atom. The van der Waals surface area contributed by atoms with E-state index in [0.717, 1.165) is 0 Å². The number of esters is 2. The summed E-state index contributed by atoms with van der Waals surface area (Å²) in [6.07, 6.45) is 1.26. The van der Waals surface area contributed by atoms with Crippen LogP contribution >= 0.6 is 0 Å². The van der Waals surface area contributed by atoms with Crippen molar-refractivity contribution in [3.05, 3.63) is 12.7 Å². The molecule has 0 saturated heterocycles. The van der Waals surface area contributed by atoms with Gasteiger partial charge in [0.15, 0.2) is 0 Å². The van der Waals surface area contributed by atoms with Crippen molar-refractivity contribution < 1.29 is 19.1 Å². The quantitative estimate of drug-likeness (QED) is 0.498. The van der Waals surface area contributed by atoms with E-state index in [1.54, 1.807) is 6.92 Å². The summed E-state index contributed by atoms with van der Waals surface area (Å²) in [7, 11) is 0. The smallest absolute Gasteiger partial charge is 0.303 e. The number of hydrogen-bond donors (Lipinski definition) is 0. The van der Waals surface area contributed by atoms with Crippen LogP contribution < -0.4 is 0 Å². The Labute approximate surface area is 83.9 Å². The van der Waals surface area contributed by atoms with Crippen molar-refractivity contribution >= 4 is 11.9 Å². The summed E-state index contributed by atoms with van der Waals surface area (Å²) in [5.74, 6) is -0.715. The first-order chi connectivity index (χ1) is 6.45. The lowest BCUT2D eigenvalue weighted by atomic mass is 10.2. The molecular formula is C10H16O4. The lowest BCUT2D eigenvalue weighted by molar-refractivity contribution is -0.149. The Kier molecular flexibility index (Phi) is 5.60. The first-order valence-electron chi connectivity index (χ1n) is 4.42. The summed E-state index contributed by atoms with van der Waals surface area (Å²) in [6.45, 7) is 7.93. The predicted molar refractivity (Wildman–Crippen MR) is 51.6 cm³/mol. The van der Waals surface area contributed by atoms with Crippen molar-refractivity contribution in [2.24, 2.45) is 0 Å². The summed E-state index contributed by atoms with van der Waals surface area (Å²) in [4.78, 5) is 21.2. The summed E-state index contributed by atoms with van der Waals surface area (Å²) in [6, 6.07) is 0. The maximum absolute atomic E-state index is 10.6. The number of hydrogen-bond acceptors (Lipinski definition) is 4. The van der Waals surface area contributed by atoms with E-state index in [9.17, 15) is 9.59 Å². The minimum atomic E-state index is -0.401. The molecule has 0 aliphatic rings. The molecule has 0 saturated carbocycles. The fourth-order valence-corrected chi connectivity index (χ4v) is 1.06. The molecule has 0 amide bonds. The maximum Gasteiger partial charge on any atom is 0.303 e. The Bertz CT molecular complexity index is 222. The molecule has 0 heterocycles. The fraction of sp³-hybridized carbons (Fsp3) is 0.600. The molecule has 0 aromatic rings. The van der Waals surface area contributed by atoms with Crippen LogP contribution in [0.25, 0.3) is 0 Å². The van der Waals surface area contributed by atoms with Crippen molar-refractivity contribution in [3.63, 3.8) is 0 Å². The molecule has 0 spiro atoms. The highest BCUT2D eigenvalue weighted by molar-refractivity contribution is 5.66. The molecule has 0 bridgehead atoms. The Morgan fingerprint density at radius 2 is 1.79 bits per heavy atom. The van der Waals surface area contributed by atoms with Crippen LogP contribution in [-0.2, 0) is 19.1 Å². The fourth-order valence-electron chi connectivity index (χ4n) is 1.06. The van der Waals surface area contributed by atoms with Crippen LogP contribution in [0.2, 0.25) is 0 Å². The normalized spacial score (nSPS) is 13.9. The monoisotopic (exact) mass is 200 g/mol. The zero-order chi connectivity index (χ0) is 11.1. The van der Waals surface area contributed by atoms with Crippen LogP contribution in [0.1, 0.15) is 27.2 Å². The number of rotatable bonds is 5. The maximum atomic E-state index is 10.6. The summed E-state index contributed by atoms with van der Waals surface area (Å²) < 4.78 is 9.79. The highest BCUT2D eigenvalue weighted by Gasteiger charge is 2.14. The molecule has 80 valence electrons. The highest BCUT2D eigenvalue weighted by atomic mass is 16.6. The third-order valence-corrected chi connectivity index (χ3v) is 1.51. The standard InChI is InChI=1S/C10H16O4/c1-5-10(14-9(4)12)6-7(2)13-8(3)11/h5,7,10H,1,6H2,2-4H3. The molecule has 4 nitrogen and oxygen atoms in total. The first-order valence-corrected chi connectivity index (χ1v) is 4.42. The van der Waals surface area contributed by atoms with E-state index in [1.807, 2.05) is 0 Å². The van der Waals surface area contributed by atoms with Gasteiger partial charge in [-0.2, -0.15) is 0 Å². The van der Waals surface area contributed by atoms with Gasteiger partial charge in [-0.25, -0.2) is 0 Å². The van der Waals surface area contributed by atoms with Crippen molar-refractivity contribution in [2.75, 3.05) is 0 Å². The molecule has 0 aromatic carbocycles. The number of ether oxygens (including phenoxy) is 2. The number of carbonyl (C=O) groups is 2. The molecule has 2 unspecified atom stereocenters. The summed E-state index contributed by atoms with van der Waals surface area (Å²) in [5, 5.41) is 0. The second-order valence-corrected chi connectivity index (χ2v) is 3.04. The summed E-state index contributed by atoms with van der Waals surface area (Å²) in [5.41, 5.74) is 0. The largest absolute Gasteiger partial charge is 0.463 e. The van der Waals surface area contributed by atoms with E-state index >= 15 is 0 Å². The molecule has 0 radical (unpaired) electrons. The van der Waals surface area contributed by atoms with Gasteiger partial charge in [0.1, 0.15) is 12.2 Å². The van der Waals surface area contributed by atoms with Gasteiger partial charge in [0.2, 0.25) is 0 Å². The van der Waals surface area contributed by atoms with Crippen LogP contribution in [0.3, 0.4) is 0 Å². The third-order valence-electron chi connectivity index (χ3n) is 1.51. The van der Waals surface area contributed by atoms with Crippen molar-refractivity contribution in [1.82, 2.24) is 0 Å². The molecule has 0 N–H and O–H groups in total. The highest BCUT2D eigenvalue weighted by Crippen LogP contribution is 2.07. The van der Waals surface area contributed by atoms with E-state index in [0.29, 0.717) is 6.42 Å². The van der Waals surface area contributed by atoms with E-state index in [2.05, 4.69) is 6.58 Å². The van der Waals surface area contributed by atoms with Gasteiger partial charge in [-0.05, 0) is 6.92 Å². The molecular weight excluding hydrogens is 184 g/mol. The SMILES string of the molecule is C=CC(CC(C)OC(C)=O)OC(C)=O. The van der Waals surface area contributed by atoms with Gasteiger partial charge in [0.05, 0.1) is 0 Å². The average Bonchev–Trinajstić information content (AvgIpc) is 2.00. The van der Waals surface area contributed by atoms with E-state index in [1.165, 1.54) is 19.9 Å². The van der Waals surface area contributed by atoms with Crippen molar-refractivity contribution in [2.45, 2.75) is 39.4 Å². The molecule has 0 rings (SSSR count). The Morgan fingerprint density at radius 1 is 1.29 bits per heavy atom. The van der Waals surface area contributed by atoms with Crippen LogP contribution in [0, 0.1) is 0 Å². The third kappa shape index (κ3) is 6.22. The van der Waals surface area contributed by atoms with Gasteiger partial charge in [-0.3, -0.25) is 9.59 Å². The molecule has 14 heavy (non-hydrogen) atoms. The molecule has 2 atom stereocenters. The summed E-state index contributed by atoms with van der Waals surface area (Å²) >= 11 is 0. The van der Waals surface area contributed by atoms with Crippen LogP contribution in [0.4, 0.5) is 0 Å². The minimum absolute atomic E-state index is 0.283. The van der Waals surface area contributed by atoms with Crippen LogP contribution in [0.5, 0.6) is 0 Å². The zero-order valence-electron chi connectivity index (χ0n) is 8.78. The van der Waals surface area contributed by atoms with E-state index in [-0.39, 0.29) is 18.0 Å². The van der Waals surface area contributed by atoms with Crippen molar-refractivity contribution in [3.8, 4) is 0 Å². The van der Waals surface area contributed by atoms with Gasteiger partial charge < -0.3 is 9.47 Å². The second-order valence-electron chi connectivity index (χ2n) is 3.04. The average molecular weight is 200 g/mol. The van der Waals surface area contributed by atoms with Crippen molar-refractivity contribution in [1.29, 1.82) is 0 Å². The second kappa shape index (κ2) is 6.18. The molecule has 0 aromatic heterocycles. The topological polar surface area (TPSA) is 52.6 Å². The molecule has 0 fully saturated rings. The Hall–Kier alpha value is -1.32. The van der Waals surface area contributed by atoms with Gasteiger partial charge in [0, 0.05) is 20.3 Å². The lowest BCUT2D eigenvalue weighted by Crippen LogP contribution is -2.22. The van der Waals surface area contributed by atoms with Crippen LogP contribution in [0.15, 0.2) is 12.7 Å². The molecule has 0 aliphatic carbocycles. The lowest BCUT2D eigenvalue weighted by Gasteiger charge is -2.17. The van der Waals surface area contributed by atoms with Gasteiger partial charge >= 0.3 is 11.9 Å². The van der Waals surface area contributed by atoms with E-state index in [4.69, 9.17) is 9.47 Å². The van der Waals surface area contributed by atoms with E-state index < -0.39 is 6.10 Å². The molecule has 0 aliphatic heterocycles. The molecule has 4 heteroatoms.